The standard InChI is InChI=1S/C22H31N5O3/c28-21(18-8-14-30-16-18)26-11-6-17(7-12-26)3-1-2-9-24-22(29)25-19-4-5-20-23-10-13-27(20)15-19/h4-5,10,13,15,17-18H,1-3,6-9,11-12,14,16H2,(H2,24,25,29). The van der Waals surface area contributed by atoms with E-state index in [4.69, 9.17) is 4.74 Å². The first-order chi connectivity index (χ1) is 14.7. The molecule has 2 aliphatic heterocycles. The summed E-state index contributed by atoms with van der Waals surface area (Å²) in [6.45, 7) is 3.73. The highest BCUT2D eigenvalue weighted by molar-refractivity contribution is 5.89. The van der Waals surface area contributed by atoms with Crippen molar-refractivity contribution in [2.24, 2.45) is 11.8 Å². The first-order valence-corrected chi connectivity index (χ1v) is 11.0. The third-order valence-corrected chi connectivity index (χ3v) is 6.18. The molecule has 8 heteroatoms. The summed E-state index contributed by atoms with van der Waals surface area (Å²) in [5.41, 5.74) is 1.59. The fraction of sp³-hybridized carbons (Fsp3) is 0.591. The number of nitrogens with one attached hydrogen (secondary N) is 2. The highest BCUT2D eigenvalue weighted by Crippen LogP contribution is 2.25. The van der Waals surface area contributed by atoms with E-state index in [-0.39, 0.29) is 17.9 Å². The van der Waals surface area contributed by atoms with Crippen LogP contribution in [0.3, 0.4) is 0 Å². The molecule has 0 saturated carbocycles. The lowest BCUT2D eigenvalue weighted by molar-refractivity contribution is -0.136. The van der Waals surface area contributed by atoms with Crippen molar-refractivity contribution < 1.29 is 14.3 Å². The molecule has 0 aromatic carbocycles. The van der Waals surface area contributed by atoms with Gasteiger partial charge in [-0.25, -0.2) is 9.78 Å². The Balaban J connectivity index is 1.07. The van der Waals surface area contributed by atoms with E-state index in [0.29, 0.717) is 19.1 Å². The lowest BCUT2D eigenvalue weighted by Crippen LogP contribution is -2.42. The van der Waals surface area contributed by atoms with Gasteiger partial charge in [-0.3, -0.25) is 4.79 Å². The Bertz CT molecular complexity index is 853. The van der Waals surface area contributed by atoms with Crippen molar-refractivity contribution in [2.75, 3.05) is 38.2 Å². The topological polar surface area (TPSA) is 88.0 Å². The largest absolute Gasteiger partial charge is 0.381 e. The fourth-order valence-electron chi connectivity index (χ4n) is 4.36. The van der Waals surface area contributed by atoms with Crippen LogP contribution in [0, 0.1) is 11.8 Å². The average molecular weight is 414 g/mol. The molecule has 1 unspecified atom stereocenters. The van der Waals surface area contributed by atoms with E-state index in [2.05, 4.69) is 15.6 Å². The van der Waals surface area contributed by atoms with Gasteiger partial charge in [0.2, 0.25) is 5.91 Å². The molecule has 2 aromatic rings. The smallest absolute Gasteiger partial charge is 0.319 e. The quantitative estimate of drug-likeness (QED) is 0.683. The number of fused-ring (bicyclic) bond motifs is 1. The molecule has 0 radical (unpaired) electrons. The van der Waals surface area contributed by atoms with Gasteiger partial charge in [0.05, 0.1) is 18.2 Å². The van der Waals surface area contributed by atoms with Gasteiger partial charge in [0.1, 0.15) is 5.65 Å². The van der Waals surface area contributed by atoms with Crippen molar-refractivity contribution in [1.82, 2.24) is 19.6 Å². The molecule has 162 valence electrons. The van der Waals surface area contributed by atoms with Crippen molar-refractivity contribution in [3.63, 3.8) is 0 Å². The number of rotatable bonds is 7. The highest BCUT2D eigenvalue weighted by atomic mass is 16.5. The zero-order valence-electron chi connectivity index (χ0n) is 17.4. The number of urea groups is 1. The summed E-state index contributed by atoms with van der Waals surface area (Å²) in [5.74, 6) is 1.05. The number of ether oxygens (including phenoxy) is 1. The molecule has 0 spiro atoms. The van der Waals surface area contributed by atoms with Crippen LogP contribution in [-0.4, -0.2) is 59.1 Å². The summed E-state index contributed by atoms with van der Waals surface area (Å²) in [4.78, 5) is 30.7. The Hall–Kier alpha value is -2.61. The van der Waals surface area contributed by atoms with Crippen LogP contribution in [0.25, 0.3) is 5.65 Å². The zero-order valence-corrected chi connectivity index (χ0v) is 17.4. The Morgan fingerprint density at radius 2 is 2.03 bits per heavy atom. The van der Waals surface area contributed by atoms with Gasteiger partial charge in [-0.05, 0) is 43.7 Å². The molecule has 2 N–H and O–H groups in total. The number of nitrogens with zero attached hydrogens (tertiary/aromatic N) is 3. The summed E-state index contributed by atoms with van der Waals surface area (Å²) in [6.07, 6.45) is 11.7. The van der Waals surface area contributed by atoms with Crippen molar-refractivity contribution in [3.05, 3.63) is 30.7 Å². The van der Waals surface area contributed by atoms with E-state index in [1.165, 1.54) is 0 Å². The van der Waals surface area contributed by atoms with Gasteiger partial charge >= 0.3 is 6.03 Å². The predicted molar refractivity (Wildman–Crippen MR) is 114 cm³/mol. The number of imidazole rings is 1. The van der Waals surface area contributed by atoms with E-state index in [1.54, 1.807) is 6.20 Å². The Morgan fingerprint density at radius 3 is 2.83 bits per heavy atom. The number of piperidine rings is 1. The number of aromatic nitrogens is 2. The van der Waals surface area contributed by atoms with Gasteiger partial charge in [-0.1, -0.05) is 12.8 Å². The summed E-state index contributed by atoms with van der Waals surface area (Å²) in [5, 5.41) is 5.78. The number of unbranched alkanes of at least 4 members (excludes halogenated alkanes) is 1. The molecule has 2 aliphatic rings. The van der Waals surface area contributed by atoms with Crippen molar-refractivity contribution in [1.29, 1.82) is 0 Å². The molecule has 2 aromatic heterocycles. The molecule has 8 nitrogen and oxygen atoms in total. The second-order valence-corrected chi connectivity index (χ2v) is 8.32. The van der Waals surface area contributed by atoms with Crippen molar-refractivity contribution in [2.45, 2.75) is 38.5 Å². The van der Waals surface area contributed by atoms with Crippen LogP contribution in [0.1, 0.15) is 38.5 Å². The van der Waals surface area contributed by atoms with Crippen LogP contribution in [0.15, 0.2) is 30.7 Å². The molecule has 1 atom stereocenters. The monoisotopic (exact) mass is 413 g/mol. The second-order valence-electron chi connectivity index (χ2n) is 8.32. The number of likely N-dealkylation sites (tertiary alicyclic amines) is 1. The van der Waals surface area contributed by atoms with Crippen LogP contribution >= 0.6 is 0 Å². The van der Waals surface area contributed by atoms with Gasteiger partial charge in [-0.15, -0.1) is 0 Å². The van der Waals surface area contributed by atoms with Gasteiger partial charge < -0.3 is 24.7 Å². The fourth-order valence-corrected chi connectivity index (χ4v) is 4.36. The molecule has 2 fully saturated rings. The summed E-state index contributed by atoms with van der Waals surface area (Å²) >= 11 is 0. The third-order valence-electron chi connectivity index (χ3n) is 6.18. The first-order valence-electron chi connectivity index (χ1n) is 11.0. The number of hydrogen-bond donors (Lipinski definition) is 2. The number of amides is 3. The Morgan fingerprint density at radius 1 is 1.17 bits per heavy atom. The van der Waals surface area contributed by atoms with E-state index in [9.17, 15) is 9.59 Å². The molecular formula is C22H31N5O3. The Labute approximate surface area is 177 Å². The van der Waals surface area contributed by atoms with Gasteiger partial charge in [-0.2, -0.15) is 0 Å². The Kier molecular flexibility index (Phi) is 6.84. The number of carbonyl (C=O) groups is 2. The predicted octanol–water partition coefficient (Wildman–Crippen LogP) is 2.90. The van der Waals surface area contributed by atoms with Crippen molar-refractivity contribution >= 4 is 23.3 Å². The molecule has 4 heterocycles. The number of anilines is 1. The SMILES string of the molecule is O=C(NCCCCC1CCN(C(=O)C2CCOC2)CC1)Nc1ccc2nccn2c1. The highest BCUT2D eigenvalue weighted by Gasteiger charge is 2.30. The molecule has 4 rings (SSSR count). The summed E-state index contributed by atoms with van der Waals surface area (Å²) < 4.78 is 7.22. The minimum Gasteiger partial charge on any atom is -0.381 e. The van der Waals surface area contributed by atoms with Crippen LogP contribution in [0.2, 0.25) is 0 Å². The normalized spacial score (nSPS) is 19.9. The van der Waals surface area contributed by atoms with Gasteiger partial charge in [0.25, 0.3) is 0 Å². The maximum absolute atomic E-state index is 12.4. The lowest BCUT2D eigenvalue weighted by Gasteiger charge is -2.33. The van der Waals surface area contributed by atoms with Crippen LogP contribution in [0.4, 0.5) is 10.5 Å². The second kappa shape index (κ2) is 9.93. The molecular weight excluding hydrogens is 382 g/mol. The molecule has 2 saturated heterocycles. The first kappa shape index (κ1) is 20.7. The maximum Gasteiger partial charge on any atom is 0.319 e. The minimum atomic E-state index is -0.183. The van der Waals surface area contributed by atoms with E-state index >= 15 is 0 Å². The molecule has 0 aliphatic carbocycles. The third kappa shape index (κ3) is 5.30. The summed E-state index contributed by atoms with van der Waals surface area (Å²) in [6, 6.07) is 3.53. The molecule has 30 heavy (non-hydrogen) atoms. The average Bonchev–Trinajstić information content (AvgIpc) is 3.45. The van der Waals surface area contributed by atoms with E-state index in [1.807, 2.05) is 33.8 Å². The van der Waals surface area contributed by atoms with Crippen LogP contribution in [-0.2, 0) is 9.53 Å². The summed E-state index contributed by atoms with van der Waals surface area (Å²) in [7, 11) is 0. The number of carbonyl (C=O) groups excluding carboxylic acids is 2. The van der Waals surface area contributed by atoms with Crippen molar-refractivity contribution in [3.8, 4) is 0 Å². The van der Waals surface area contributed by atoms with Crippen LogP contribution < -0.4 is 10.6 Å². The van der Waals surface area contributed by atoms with Gasteiger partial charge in [0.15, 0.2) is 0 Å². The van der Waals surface area contributed by atoms with Gasteiger partial charge in [0, 0.05) is 44.8 Å². The maximum atomic E-state index is 12.4. The van der Waals surface area contributed by atoms with E-state index < -0.39 is 0 Å². The molecule has 0 bridgehead atoms. The zero-order chi connectivity index (χ0) is 20.8. The number of hydrogen-bond acceptors (Lipinski definition) is 4. The van der Waals surface area contributed by atoms with E-state index in [0.717, 1.165) is 69.6 Å². The molecule has 3 amide bonds. The number of pyridine rings is 1. The minimum absolute atomic E-state index is 0.0839. The lowest BCUT2D eigenvalue weighted by atomic mass is 9.91. The van der Waals surface area contributed by atoms with Crippen LogP contribution in [0.5, 0.6) is 0 Å².